The Morgan fingerprint density at radius 1 is 1.03 bits per heavy atom. The number of benzene rings is 3. The first-order chi connectivity index (χ1) is 16.4. The molecule has 34 heavy (non-hydrogen) atoms. The van der Waals surface area contributed by atoms with Gasteiger partial charge in [-0.15, -0.1) is 0 Å². The van der Waals surface area contributed by atoms with Crippen LogP contribution in [-0.4, -0.2) is 25.0 Å². The normalized spacial score (nSPS) is 11.4. The fraction of sp³-hybridized carbons (Fsp3) is 0.120. The van der Waals surface area contributed by atoms with Crippen LogP contribution in [0.15, 0.2) is 77.9 Å². The number of alkyl halides is 2. The van der Waals surface area contributed by atoms with Crippen LogP contribution in [0.5, 0.6) is 0 Å². The molecular formula is C25H19F2N5O2. The highest BCUT2D eigenvalue weighted by molar-refractivity contribution is 5.91. The fourth-order valence-corrected chi connectivity index (χ4v) is 3.95. The smallest absolute Gasteiger partial charge is 0.320 e. The molecule has 0 fully saturated rings. The molecular weight excluding hydrogens is 440 g/mol. The third-order valence-electron chi connectivity index (χ3n) is 5.59. The Kier molecular flexibility index (Phi) is 5.37. The second kappa shape index (κ2) is 8.51. The van der Waals surface area contributed by atoms with E-state index in [4.69, 9.17) is 0 Å². The van der Waals surface area contributed by atoms with Crippen LogP contribution >= 0.6 is 0 Å². The summed E-state index contributed by atoms with van der Waals surface area (Å²) in [5.74, 6) is -0.276. The van der Waals surface area contributed by atoms with Gasteiger partial charge in [-0.25, -0.2) is 9.97 Å². The number of nitrogens with zero attached hydrogens (tertiary/aromatic N) is 4. The van der Waals surface area contributed by atoms with E-state index in [0.717, 1.165) is 10.1 Å². The van der Waals surface area contributed by atoms with Gasteiger partial charge in [-0.1, -0.05) is 24.3 Å². The van der Waals surface area contributed by atoms with Crippen molar-refractivity contribution in [2.75, 3.05) is 5.32 Å². The summed E-state index contributed by atoms with van der Waals surface area (Å²) >= 11 is 0. The van der Waals surface area contributed by atoms with Crippen molar-refractivity contribution < 1.29 is 13.6 Å². The topological polar surface area (TPSA) is 81.8 Å². The van der Waals surface area contributed by atoms with Crippen molar-refractivity contribution in [1.29, 1.82) is 0 Å². The van der Waals surface area contributed by atoms with Gasteiger partial charge in [0.2, 0.25) is 5.91 Å². The first-order valence-electron chi connectivity index (χ1n) is 10.5. The van der Waals surface area contributed by atoms with Crippen LogP contribution in [0.2, 0.25) is 0 Å². The molecule has 0 saturated heterocycles. The lowest BCUT2D eigenvalue weighted by molar-refractivity contribution is -0.116. The van der Waals surface area contributed by atoms with E-state index in [1.165, 1.54) is 10.9 Å². The van der Waals surface area contributed by atoms with Crippen LogP contribution in [0.1, 0.15) is 12.1 Å². The highest BCUT2D eigenvalue weighted by atomic mass is 19.3. The third kappa shape index (κ3) is 3.81. The minimum absolute atomic E-state index is 0.137. The zero-order valence-electron chi connectivity index (χ0n) is 18.1. The Bertz CT molecular complexity index is 1590. The lowest BCUT2D eigenvalue weighted by Gasteiger charge is -2.10. The number of rotatable bonds is 5. The Morgan fingerprint density at radius 3 is 2.56 bits per heavy atom. The highest BCUT2D eigenvalue weighted by Gasteiger charge is 2.19. The summed E-state index contributed by atoms with van der Waals surface area (Å²) in [6.45, 7) is -1.09. The van der Waals surface area contributed by atoms with E-state index in [1.807, 2.05) is 13.0 Å². The van der Waals surface area contributed by atoms with Crippen molar-refractivity contribution in [2.45, 2.75) is 20.0 Å². The van der Waals surface area contributed by atoms with Crippen LogP contribution in [0.4, 0.5) is 14.5 Å². The average molecular weight is 459 g/mol. The first-order valence-corrected chi connectivity index (χ1v) is 10.5. The van der Waals surface area contributed by atoms with Crippen molar-refractivity contribution in [2.24, 2.45) is 0 Å². The molecule has 1 N–H and O–H groups in total. The Balaban J connectivity index is 1.36. The maximum atomic E-state index is 13.7. The van der Waals surface area contributed by atoms with Crippen molar-refractivity contribution in [3.05, 3.63) is 89.0 Å². The molecule has 2 aromatic heterocycles. The number of para-hydroxylation sites is 3. The summed E-state index contributed by atoms with van der Waals surface area (Å²) in [6, 6.07) is 18.5. The number of hydrogen-bond acceptors (Lipinski definition) is 4. The zero-order chi connectivity index (χ0) is 23.8. The van der Waals surface area contributed by atoms with Crippen LogP contribution in [0, 0.1) is 6.92 Å². The lowest BCUT2D eigenvalue weighted by atomic mass is 10.1. The molecule has 0 aliphatic rings. The van der Waals surface area contributed by atoms with Gasteiger partial charge in [-0.05, 0) is 55.0 Å². The van der Waals surface area contributed by atoms with Gasteiger partial charge in [0.25, 0.3) is 5.56 Å². The summed E-state index contributed by atoms with van der Waals surface area (Å²) in [7, 11) is 0. The second-order valence-electron chi connectivity index (χ2n) is 7.85. The second-order valence-corrected chi connectivity index (χ2v) is 7.85. The van der Waals surface area contributed by atoms with E-state index in [-0.39, 0.29) is 17.9 Å². The van der Waals surface area contributed by atoms with Gasteiger partial charge < -0.3 is 5.32 Å². The molecule has 5 aromatic rings. The summed E-state index contributed by atoms with van der Waals surface area (Å²) in [5, 5.41) is 3.16. The minimum Gasteiger partial charge on any atom is -0.325 e. The predicted molar refractivity (Wildman–Crippen MR) is 126 cm³/mol. The number of fused-ring (bicyclic) bond motifs is 2. The minimum atomic E-state index is -2.75. The molecule has 0 radical (unpaired) electrons. The molecule has 170 valence electrons. The fourth-order valence-electron chi connectivity index (χ4n) is 3.95. The third-order valence-corrected chi connectivity index (χ3v) is 5.59. The molecule has 0 unspecified atom stereocenters. The van der Waals surface area contributed by atoms with Gasteiger partial charge in [-0.2, -0.15) is 8.78 Å². The average Bonchev–Trinajstić information content (AvgIpc) is 3.22. The highest BCUT2D eigenvalue weighted by Crippen LogP contribution is 2.30. The number of carbonyl (C=O) groups is 1. The SMILES string of the molecule is Cc1cccc2c(=O)n(CC(=O)Nc3ccc(-c4nc5ccccc5n4C(F)F)cc3)cnc12. The van der Waals surface area contributed by atoms with Gasteiger partial charge in [-0.3, -0.25) is 18.7 Å². The zero-order valence-corrected chi connectivity index (χ0v) is 18.1. The molecule has 0 bridgehead atoms. The van der Waals surface area contributed by atoms with Gasteiger partial charge in [0.05, 0.1) is 28.3 Å². The molecule has 0 spiro atoms. The molecule has 0 aliphatic heterocycles. The number of imidazole rings is 1. The number of aromatic nitrogens is 4. The lowest BCUT2D eigenvalue weighted by Crippen LogP contribution is -2.28. The number of carbonyl (C=O) groups excluding carboxylic acids is 1. The largest absolute Gasteiger partial charge is 0.325 e. The molecule has 7 nitrogen and oxygen atoms in total. The number of amides is 1. The van der Waals surface area contributed by atoms with E-state index in [1.54, 1.807) is 60.7 Å². The Labute approximate surface area is 192 Å². The molecule has 0 aliphatic carbocycles. The summed E-state index contributed by atoms with van der Waals surface area (Å²) in [4.78, 5) is 33.9. The number of nitrogens with one attached hydrogen (secondary N) is 1. The van der Waals surface area contributed by atoms with E-state index in [2.05, 4.69) is 15.3 Å². The summed E-state index contributed by atoms with van der Waals surface area (Å²) in [6.07, 6.45) is 1.36. The number of anilines is 1. The monoisotopic (exact) mass is 459 g/mol. The van der Waals surface area contributed by atoms with Crippen LogP contribution in [0.3, 0.4) is 0 Å². The van der Waals surface area contributed by atoms with Gasteiger partial charge in [0, 0.05) is 11.3 Å². The van der Waals surface area contributed by atoms with E-state index in [9.17, 15) is 18.4 Å². The van der Waals surface area contributed by atoms with Crippen molar-refractivity contribution in [3.63, 3.8) is 0 Å². The molecule has 5 rings (SSSR count). The number of halogens is 2. The molecule has 9 heteroatoms. The molecule has 1 amide bonds. The maximum absolute atomic E-state index is 13.7. The standard InChI is InChI=1S/C25H19F2N5O2/c1-15-5-4-6-18-22(15)28-14-31(24(18)34)13-21(33)29-17-11-9-16(10-12-17)23-30-19-7-2-3-8-20(19)32(23)25(26)27/h2-12,14,25H,13H2,1H3,(H,29,33). The summed E-state index contributed by atoms with van der Waals surface area (Å²) < 4.78 is 29.6. The maximum Gasteiger partial charge on any atom is 0.320 e. The number of hydrogen-bond donors (Lipinski definition) is 1. The van der Waals surface area contributed by atoms with Gasteiger partial charge in [0.1, 0.15) is 12.4 Å². The molecule has 3 aromatic carbocycles. The molecule has 0 atom stereocenters. The Hall–Kier alpha value is -4.40. The van der Waals surface area contributed by atoms with Crippen molar-refractivity contribution in [1.82, 2.24) is 19.1 Å². The van der Waals surface area contributed by atoms with Crippen LogP contribution in [0.25, 0.3) is 33.3 Å². The van der Waals surface area contributed by atoms with Crippen molar-refractivity contribution >= 4 is 33.5 Å². The van der Waals surface area contributed by atoms with Crippen molar-refractivity contribution in [3.8, 4) is 11.4 Å². The summed E-state index contributed by atoms with van der Waals surface area (Å²) in [5.41, 5.74) is 2.95. The van der Waals surface area contributed by atoms with E-state index < -0.39 is 12.5 Å². The molecule has 2 heterocycles. The first kappa shape index (κ1) is 21.4. The Morgan fingerprint density at radius 2 is 1.79 bits per heavy atom. The molecule has 0 saturated carbocycles. The van der Waals surface area contributed by atoms with Crippen LogP contribution in [-0.2, 0) is 11.3 Å². The van der Waals surface area contributed by atoms with Crippen LogP contribution < -0.4 is 10.9 Å². The number of aryl methyl sites for hydroxylation is 1. The van der Waals surface area contributed by atoms with Gasteiger partial charge >= 0.3 is 6.55 Å². The van der Waals surface area contributed by atoms with E-state index in [0.29, 0.717) is 33.2 Å². The predicted octanol–water partition coefficient (Wildman–Crippen LogP) is 4.76. The quantitative estimate of drug-likeness (QED) is 0.411. The van der Waals surface area contributed by atoms with E-state index >= 15 is 0 Å². The van der Waals surface area contributed by atoms with Gasteiger partial charge in [0.15, 0.2) is 0 Å².